The molecule has 0 atom stereocenters. The van der Waals surface area contributed by atoms with Crippen LogP contribution in [-0.2, 0) is 0 Å². The summed E-state index contributed by atoms with van der Waals surface area (Å²) in [5, 5.41) is 0. The van der Waals surface area contributed by atoms with Crippen LogP contribution in [0.15, 0.2) is 12.3 Å². The minimum Gasteiger partial charge on any atom is -0.375 e. The minimum atomic E-state index is 1.20. The Labute approximate surface area is 94.9 Å². The summed E-state index contributed by atoms with van der Waals surface area (Å²) < 4.78 is 0. The van der Waals surface area contributed by atoms with Crippen LogP contribution in [0.5, 0.6) is 0 Å². The Morgan fingerprint density at radius 1 is 1.00 bits per heavy atom. The summed E-state index contributed by atoms with van der Waals surface area (Å²) >= 11 is 0. The van der Waals surface area contributed by atoms with Gasteiger partial charge in [0.2, 0.25) is 0 Å². The standard InChI is InChI=1S/C13H26N2/c1-3-4-5-6-7-8-9-15-12-10-14(2)11-13-15/h8-9H,3-7,10-13H2,1-2H3/b9-8+. The summed E-state index contributed by atoms with van der Waals surface area (Å²) in [6.45, 7) is 7.07. The molecule has 0 aromatic carbocycles. The smallest absolute Gasteiger partial charge is 0.0300 e. The van der Waals surface area contributed by atoms with E-state index < -0.39 is 0 Å². The lowest BCUT2D eigenvalue weighted by Gasteiger charge is -2.31. The van der Waals surface area contributed by atoms with Gasteiger partial charge in [-0.3, -0.25) is 0 Å². The van der Waals surface area contributed by atoms with Crippen molar-refractivity contribution in [3.63, 3.8) is 0 Å². The van der Waals surface area contributed by atoms with Gasteiger partial charge in [-0.1, -0.05) is 32.3 Å². The lowest BCUT2D eigenvalue weighted by atomic mass is 10.1. The van der Waals surface area contributed by atoms with Crippen LogP contribution in [0.3, 0.4) is 0 Å². The molecule has 88 valence electrons. The summed E-state index contributed by atoms with van der Waals surface area (Å²) in [7, 11) is 2.20. The molecule has 0 saturated carbocycles. The molecule has 0 N–H and O–H groups in total. The van der Waals surface area contributed by atoms with Gasteiger partial charge < -0.3 is 9.80 Å². The number of hydrogen-bond acceptors (Lipinski definition) is 2. The number of unbranched alkanes of at least 4 members (excludes halogenated alkanes) is 4. The van der Waals surface area contributed by atoms with E-state index in [1.54, 1.807) is 0 Å². The first-order valence-electron chi connectivity index (χ1n) is 6.42. The van der Waals surface area contributed by atoms with Crippen molar-refractivity contribution in [3.8, 4) is 0 Å². The molecule has 1 aliphatic rings. The number of piperazine rings is 1. The maximum absolute atomic E-state index is 2.44. The van der Waals surface area contributed by atoms with Gasteiger partial charge in [0.05, 0.1) is 0 Å². The van der Waals surface area contributed by atoms with Crippen molar-refractivity contribution >= 4 is 0 Å². The van der Waals surface area contributed by atoms with E-state index >= 15 is 0 Å². The Morgan fingerprint density at radius 2 is 1.73 bits per heavy atom. The largest absolute Gasteiger partial charge is 0.375 e. The van der Waals surface area contributed by atoms with E-state index in [0.717, 1.165) is 0 Å². The van der Waals surface area contributed by atoms with E-state index in [4.69, 9.17) is 0 Å². The molecule has 0 unspecified atom stereocenters. The highest BCUT2D eigenvalue weighted by molar-refractivity contribution is 4.85. The zero-order valence-corrected chi connectivity index (χ0v) is 10.4. The van der Waals surface area contributed by atoms with Crippen molar-refractivity contribution < 1.29 is 0 Å². The summed E-state index contributed by atoms with van der Waals surface area (Å²) in [5.74, 6) is 0. The number of allylic oxidation sites excluding steroid dienone is 1. The van der Waals surface area contributed by atoms with Crippen LogP contribution in [0.1, 0.15) is 39.0 Å². The van der Waals surface area contributed by atoms with Crippen LogP contribution in [0.4, 0.5) is 0 Å². The van der Waals surface area contributed by atoms with E-state index in [0.29, 0.717) is 0 Å². The number of hydrogen-bond donors (Lipinski definition) is 0. The van der Waals surface area contributed by atoms with Crippen LogP contribution < -0.4 is 0 Å². The molecule has 2 nitrogen and oxygen atoms in total. The van der Waals surface area contributed by atoms with E-state index in [-0.39, 0.29) is 0 Å². The predicted molar refractivity (Wildman–Crippen MR) is 67.0 cm³/mol. The highest BCUT2D eigenvalue weighted by atomic mass is 15.2. The number of likely N-dealkylation sites (N-methyl/N-ethyl adjacent to an activating group) is 1. The highest BCUT2D eigenvalue weighted by Gasteiger charge is 2.09. The van der Waals surface area contributed by atoms with Gasteiger partial charge in [0.25, 0.3) is 0 Å². The van der Waals surface area contributed by atoms with Crippen LogP contribution in [0, 0.1) is 0 Å². The van der Waals surface area contributed by atoms with Gasteiger partial charge >= 0.3 is 0 Å². The molecule has 0 aromatic rings. The molecule has 0 aliphatic carbocycles. The van der Waals surface area contributed by atoms with Crippen molar-refractivity contribution in [2.45, 2.75) is 39.0 Å². The predicted octanol–water partition coefficient (Wildman–Crippen LogP) is 2.72. The van der Waals surface area contributed by atoms with Crippen molar-refractivity contribution in [2.24, 2.45) is 0 Å². The van der Waals surface area contributed by atoms with E-state index in [1.165, 1.54) is 58.3 Å². The summed E-state index contributed by atoms with van der Waals surface area (Å²) in [4.78, 5) is 4.84. The molecule has 1 heterocycles. The molecule has 0 bridgehead atoms. The minimum absolute atomic E-state index is 1.20. The van der Waals surface area contributed by atoms with Gasteiger partial charge in [0.15, 0.2) is 0 Å². The van der Waals surface area contributed by atoms with Gasteiger partial charge in [-0.05, 0) is 26.1 Å². The monoisotopic (exact) mass is 210 g/mol. The molecular formula is C13H26N2. The molecule has 15 heavy (non-hydrogen) atoms. The van der Waals surface area contributed by atoms with Gasteiger partial charge in [0, 0.05) is 26.2 Å². The molecule has 1 fully saturated rings. The lowest BCUT2D eigenvalue weighted by Crippen LogP contribution is -2.41. The molecule has 0 aromatic heterocycles. The highest BCUT2D eigenvalue weighted by Crippen LogP contribution is 2.05. The van der Waals surface area contributed by atoms with Crippen LogP contribution in [0.25, 0.3) is 0 Å². The molecule has 0 amide bonds. The van der Waals surface area contributed by atoms with Gasteiger partial charge in [-0.15, -0.1) is 0 Å². The molecule has 1 aliphatic heterocycles. The number of rotatable bonds is 6. The summed E-state index contributed by atoms with van der Waals surface area (Å²) in [5.41, 5.74) is 0. The molecule has 2 heteroatoms. The SMILES string of the molecule is CCCCCC/C=C/N1CCN(C)CC1. The fourth-order valence-electron chi connectivity index (χ4n) is 1.88. The Kier molecular flexibility index (Phi) is 6.49. The molecular weight excluding hydrogens is 184 g/mol. The van der Waals surface area contributed by atoms with Crippen molar-refractivity contribution in [3.05, 3.63) is 12.3 Å². The second-order valence-corrected chi connectivity index (χ2v) is 4.57. The average molecular weight is 210 g/mol. The Hall–Kier alpha value is -0.500. The molecule has 0 spiro atoms. The first-order valence-corrected chi connectivity index (χ1v) is 6.42. The maximum atomic E-state index is 2.44. The normalized spacial score (nSPS) is 18.9. The van der Waals surface area contributed by atoms with E-state index in [9.17, 15) is 0 Å². The zero-order chi connectivity index (χ0) is 10.9. The van der Waals surface area contributed by atoms with Crippen molar-refractivity contribution in [1.29, 1.82) is 0 Å². The van der Waals surface area contributed by atoms with Gasteiger partial charge in [-0.2, -0.15) is 0 Å². The fourth-order valence-corrected chi connectivity index (χ4v) is 1.88. The Bertz CT molecular complexity index is 169. The Balaban J connectivity index is 2.00. The Morgan fingerprint density at radius 3 is 2.40 bits per heavy atom. The van der Waals surface area contributed by atoms with Crippen LogP contribution >= 0.6 is 0 Å². The quantitative estimate of drug-likeness (QED) is 0.622. The average Bonchev–Trinajstić information content (AvgIpc) is 2.26. The van der Waals surface area contributed by atoms with Crippen molar-refractivity contribution in [2.75, 3.05) is 33.2 Å². The zero-order valence-electron chi connectivity index (χ0n) is 10.4. The third-order valence-corrected chi connectivity index (χ3v) is 3.08. The second kappa shape index (κ2) is 7.75. The van der Waals surface area contributed by atoms with E-state index in [2.05, 4.69) is 36.0 Å². The third kappa shape index (κ3) is 5.83. The maximum Gasteiger partial charge on any atom is 0.0300 e. The van der Waals surface area contributed by atoms with Crippen LogP contribution in [-0.4, -0.2) is 43.0 Å². The first-order chi connectivity index (χ1) is 7.33. The van der Waals surface area contributed by atoms with Crippen molar-refractivity contribution in [1.82, 2.24) is 9.80 Å². The molecule has 1 rings (SSSR count). The van der Waals surface area contributed by atoms with E-state index in [1.807, 2.05) is 0 Å². The molecule has 0 radical (unpaired) electrons. The van der Waals surface area contributed by atoms with Crippen LogP contribution in [0.2, 0.25) is 0 Å². The second-order valence-electron chi connectivity index (χ2n) is 4.57. The number of nitrogens with zero attached hydrogens (tertiary/aromatic N) is 2. The molecule has 1 saturated heterocycles. The topological polar surface area (TPSA) is 6.48 Å². The lowest BCUT2D eigenvalue weighted by molar-refractivity contribution is 0.198. The first kappa shape index (κ1) is 12.6. The van der Waals surface area contributed by atoms with Gasteiger partial charge in [-0.25, -0.2) is 0 Å². The summed E-state index contributed by atoms with van der Waals surface area (Å²) in [6, 6.07) is 0. The summed E-state index contributed by atoms with van der Waals surface area (Å²) in [6.07, 6.45) is 11.4. The third-order valence-electron chi connectivity index (χ3n) is 3.08. The fraction of sp³-hybridized carbons (Fsp3) is 0.846. The van der Waals surface area contributed by atoms with Gasteiger partial charge in [0.1, 0.15) is 0 Å².